The first-order chi connectivity index (χ1) is 7.56. The van der Waals surface area contributed by atoms with E-state index in [0.29, 0.717) is 5.75 Å². The Balaban J connectivity index is 3.09. The zero-order chi connectivity index (χ0) is 12.1. The highest BCUT2D eigenvalue weighted by Crippen LogP contribution is 2.27. The van der Waals surface area contributed by atoms with Crippen molar-refractivity contribution in [3.8, 4) is 0 Å². The Labute approximate surface area is 95.8 Å². The van der Waals surface area contributed by atoms with Gasteiger partial charge in [0.05, 0.1) is 10.5 Å². The Morgan fingerprint density at radius 1 is 1.69 bits per heavy atom. The highest BCUT2D eigenvalue weighted by atomic mass is 32.2. The molecule has 1 aromatic heterocycles. The largest absolute Gasteiger partial charge is 0.478 e. The zero-order valence-electron chi connectivity index (χ0n) is 8.54. The first-order valence-corrected chi connectivity index (χ1v) is 5.55. The summed E-state index contributed by atoms with van der Waals surface area (Å²) in [5.74, 6) is -0.511. The Hall–Kier alpha value is -1.63. The molecule has 0 aromatic carbocycles. The normalized spacial score (nSPS) is 10.1. The van der Waals surface area contributed by atoms with E-state index in [1.165, 1.54) is 11.8 Å². The topological polar surface area (TPSA) is 93.3 Å². The van der Waals surface area contributed by atoms with Crippen LogP contribution in [0.5, 0.6) is 0 Å². The highest BCUT2D eigenvalue weighted by Gasteiger charge is 2.18. The number of nitrogens with zero attached hydrogens (tertiary/aromatic N) is 2. The maximum absolute atomic E-state index is 10.7. The molecule has 0 aliphatic rings. The molecule has 7 heteroatoms. The van der Waals surface area contributed by atoms with E-state index in [2.05, 4.69) is 4.98 Å². The van der Waals surface area contributed by atoms with Crippen molar-refractivity contribution >= 4 is 23.4 Å². The van der Waals surface area contributed by atoms with Crippen molar-refractivity contribution in [2.45, 2.75) is 18.4 Å². The molecule has 86 valence electrons. The molecule has 0 radical (unpaired) electrons. The summed E-state index contributed by atoms with van der Waals surface area (Å²) in [6.07, 6.45) is 2.00. The fourth-order valence-corrected chi connectivity index (χ4v) is 1.80. The van der Waals surface area contributed by atoms with E-state index in [0.717, 1.165) is 18.7 Å². The van der Waals surface area contributed by atoms with Gasteiger partial charge in [0.2, 0.25) is 0 Å². The maximum Gasteiger partial charge on any atom is 0.337 e. The Morgan fingerprint density at radius 2 is 2.38 bits per heavy atom. The third kappa shape index (κ3) is 2.93. The molecular formula is C9H10N2O4S. The lowest BCUT2D eigenvalue weighted by Gasteiger charge is -2.01. The van der Waals surface area contributed by atoms with Gasteiger partial charge >= 0.3 is 11.7 Å². The lowest BCUT2D eigenvalue weighted by atomic mass is 10.3. The van der Waals surface area contributed by atoms with Crippen molar-refractivity contribution in [3.05, 3.63) is 27.9 Å². The molecule has 1 heterocycles. The van der Waals surface area contributed by atoms with E-state index in [4.69, 9.17) is 5.11 Å². The van der Waals surface area contributed by atoms with Crippen molar-refractivity contribution in [3.63, 3.8) is 0 Å². The van der Waals surface area contributed by atoms with Crippen molar-refractivity contribution in [1.29, 1.82) is 0 Å². The first-order valence-electron chi connectivity index (χ1n) is 4.56. The molecule has 0 aliphatic heterocycles. The summed E-state index contributed by atoms with van der Waals surface area (Å²) >= 11 is 1.25. The molecule has 1 N–H and O–H groups in total. The maximum atomic E-state index is 10.7. The molecule has 0 fully saturated rings. The molecule has 0 aliphatic carbocycles. The van der Waals surface area contributed by atoms with Crippen LogP contribution in [0.2, 0.25) is 0 Å². The average molecular weight is 242 g/mol. The van der Waals surface area contributed by atoms with Gasteiger partial charge in [-0.2, -0.15) is 0 Å². The van der Waals surface area contributed by atoms with Crippen LogP contribution in [0, 0.1) is 10.1 Å². The molecule has 0 unspecified atom stereocenters. The molecule has 0 amide bonds. The van der Waals surface area contributed by atoms with Gasteiger partial charge in [0, 0.05) is 12.3 Å². The van der Waals surface area contributed by atoms with Crippen LogP contribution in [0.25, 0.3) is 0 Å². The first kappa shape index (κ1) is 12.4. The monoisotopic (exact) mass is 242 g/mol. The number of rotatable bonds is 5. The fraction of sp³-hybridized carbons (Fsp3) is 0.333. The molecule has 0 bridgehead atoms. The minimum Gasteiger partial charge on any atom is -0.478 e. The van der Waals surface area contributed by atoms with Crippen LogP contribution in [-0.4, -0.2) is 26.7 Å². The minimum absolute atomic E-state index is 0.174. The summed E-state index contributed by atoms with van der Waals surface area (Å²) in [5, 5.41) is 19.7. The molecule has 6 nitrogen and oxygen atoms in total. The quantitative estimate of drug-likeness (QED) is 0.483. The van der Waals surface area contributed by atoms with E-state index in [1.807, 2.05) is 6.92 Å². The molecule has 0 saturated carbocycles. The van der Waals surface area contributed by atoms with Crippen LogP contribution in [-0.2, 0) is 0 Å². The Morgan fingerprint density at radius 3 is 2.88 bits per heavy atom. The van der Waals surface area contributed by atoms with Crippen molar-refractivity contribution in [2.75, 3.05) is 5.75 Å². The van der Waals surface area contributed by atoms with Gasteiger partial charge in [-0.25, -0.2) is 9.78 Å². The number of carboxylic acids is 1. The van der Waals surface area contributed by atoms with Gasteiger partial charge in [-0.15, -0.1) is 0 Å². The van der Waals surface area contributed by atoms with Gasteiger partial charge in [-0.1, -0.05) is 18.7 Å². The van der Waals surface area contributed by atoms with Gasteiger partial charge in [0.15, 0.2) is 5.03 Å². The van der Waals surface area contributed by atoms with Crippen LogP contribution in [0.4, 0.5) is 5.69 Å². The number of carboxylic acid groups (broad SMARTS) is 1. The molecule has 1 aromatic rings. The van der Waals surface area contributed by atoms with E-state index in [9.17, 15) is 14.9 Å². The predicted molar refractivity (Wildman–Crippen MR) is 58.9 cm³/mol. The molecule has 1 rings (SSSR count). The molecular weight excluding hydrogens is 232 g/mol. The Kier molecular flexibility index (Phi) is 4.24. The molecule has 0 spiro atoms. The summed E-state index contributed by atoms with van der Waals surface area (Å²) in [5.41, 5.74) is -0.425. The molecule has 0 atom stereocenters. The SMILES string of the molecule is CCCSc1ncc(C(=O)O)cc1[N+](=O)[O-]. The van der Waals surface area contributed by atoms with E-state index < -0.39 is 10.9 Å². The van der Waals surface area contributed by atoms with Crippen LogP contribution >= 0.6 is 11.8 Å². The zero-order valence-corrected chi connectivity index (χ0v) is 9.36. The van der Waals surface area contributed by atoms with Crippen molar-refractivity contribution in [2.24, 2.45) is 0 Å². The van der Waals surface area contributed by atoms with Crippen molar-refractivity contribution in [1.82, 2.24) is 4.98 Å². The van der Waals surface area contributed by atoms with Crippen LogP contribution in [0.15, 0.2) is 17.3 Å². The summed E-state index contributed by atoms with van der Waals surface area (Å²) in [4.78, 5) is 24.5. The number of hydrogen-bond donors (Lipinski definition) is 1. The summed E-state index contributed by atoms with van der Waals surface area (Å²) in [6.45, 7) is 1.95. The second-order valence-corrected chi connectivity index (χ2v) is 4.04. The van der Waals surface area contributed by atoms with Gasteiger partial charge < -0.3 is 5.11 Å². The summed E-state index contributed by atoms with van der Waals surface area (Å²) < 4.78 is 0. The number of nitro groups is 1. The lowest BCUT2D eigenvalue weighted by Crippen LogP contribution is -2.01. The van der Waals surface area contributed by atoms with E-state index in [1.54, 1.807) is 0 Å². The van der Waals surface area contributed by atoms with Gasteiger partial charge in [0.25, 0.3) is 0 Å². The number of aromatic nitrogens is 1. The molecule has 0 saturated heterocycles. The van der Waals surface area contributed by atoms with Crippen molar-refractivity contribution < 1.29 is 14.8 Å². The van der Waals surface area contributed by atoms with E-state index in [-0.39, 0.29) is 16.3 Å². The van der Waals surface area contributed by atoms with Gasteiger partial charge in [0.1, 0.15) is 0 Å². The predicted octanol–water partition coefficient (Wildman–Crippen LogP) is 2.19. The smallest absolute Gasteiger partial charge is 0.337 e. The Bertz CT molecular complexity index is 422. The van der Waals surface area contributed by atoms with Gasteiger partial charge in [-0.05, 0) is 12.2 Å². The standard InChI is InChI=1S/C9H10N2O4S/c1-2-3-16-8-7(11(14)15)4-6(5-10-8)9(12)13/h4-5H,2-3H2,1H3,(H,12,13). The summed E-state index contributed by atoms with van der Waals surface area (Å²) in [6, 6.07) is 1.04. The van der Waals surface area contributed by atoms with Gasteiger partial charge in [-0.3, -0.25) is 10.1 Å². The van der Waals surface area contributed by atoms with Crippen LogP contribution in [0.3, 0.4) is 0 Å². The highest BCUT2D eigenvalue weighted by molar-refractivity contribution is 7.99. The van der Waals surface area contributed by atoms with E-state index >= 15 is 0 Å². The second kappa shape index (κ2) is 5.45. The number of hydrogen-bond acceptors (Lipinski definition) is 5. The number of aromatic carboxylic acids is 1. The molecule has 16 heavy (non-hydrogen) atoms. The lowest BCUT2D eigenvalue weighted by molar-refractivity contribution is -0.388. The third-order valence-electron chi connectivity index (χ3n) is 1.72. The minimum atomic E-state index is -1.22. The number of pyridine rings is 1. The summed E-state index contributed by atoms with van der Waals surface area (Å²) in [7, 11) is 0. The third-order valence-corrected chi connectivity index (χ3v) is 2.92. The number of thioether (sulfide) groups is 1. The fourth-order valence-electron chi connectivity index (χ4n) is 0.998. The van der Waals surface area contributed by atoms with Crippen LogP contribution in [0.1, 0.15) is 23.7 Å². The number of carbonyl (C=O) groups is 1. The van der Waals surface area contributed by atoms with Crippen LogP contribution < -0.4 is 0 Å². The average Bonchev–Trinajstić information content (AvgIpc) is 2.25. The second-order valence-electron chi connectivity index (χ2n) is 2.96.